The molecule has 108 valence electrons. The highest BCUT2D eigenvalue weighted by Gasteiger charge is 2.21. The summed E-state index contributed by atoms with van der Waals surface area (Å²) in [6.07, 6.45) is 2.34. The number of nitro groups is 1. The summed E-state index contributed by atoms with van der Waals surface area (Å²) in [5, 5.41) is 23.0. The van der Waals surface area contributed by atoms with Crippen molar-refractivity contribution in [1.29, 1.82) is 0 Å². The average molecular weight is 279 g/mol. The van der Waals surface area contributed by atoms with E-state index >= 15 is 0 Å². The van der Waals surface area contributed by atoms with Crippen molar-refractivity contribution in [2.24, 2.45) is 0 Å². The van der Waals surface area contributed by atoms with Crippen LogP contribution in [-0.4, -0.2) is 47.1 Å². The summed E-state index contributed by atoms with van der Waals surface area (Å²) in [6, 6.07) is 4.06. The highest BCUT2D eigenvalue weighted by Crippen LogP contribution is 2.28. The molecule has 1 aromatic carbocycles. The lowest BCUT2D eigenvalue weighted by atomic mass is 10.1. The van der Waals surface area contributed by atoms with Gasteiger partial charge in [0.1, 0.15) is 5.69 Å². The lowest BCUT2D eigenvalue weighted by molar-refractivity contribution is -0.384. The van der Waals surface area contributed by atoms with Crippen LogP contribution in [0, 0.1) is 10.1 Å². The third-order valence-corrected chi connectivity index (χ3v) is 3.40. The molecule has 1 saturated heterocycles. The molecule has 7 nitrogen and oxygen atoms in total. The molecule has 1 aromatic rings. The van der Waals surface area contributed by atoms with Gasteiger partial charge in [-0.3, -0.25) is 10.1 Å². The van der Waals surface area contributed by atoms with Crippen LogP contribution < -0.4 is 5.32 Å². The number of para-hydroxylation sites is 1. The van der Waals surface area contributed by atoms with Crippen molar-refractivity contribution in [3.8, 4) is 0 Å². The molecule has 0 atom stereocenters. The van der Waals surface area contributed by atoms with Gasteiger partial charge in [-0.2, -0.15) is 0 Å². The van der Waals surface area contributed by atoms with E-state index in [0.717, 1.165) is 19.6 Å². The number of benzene rings is 1. The standard InChI is InChI=1S/C13H17N3O4/c17-13(18)10-4-3-5-11(16(19)20)12(10)14-6-9-15-7-1-2-8-15/h3-5,14H,1-2,6-9H2,(H,17,18). The Balaban J connectivity index is 2.10. The largest absolute Gasteiger partial charge is 0.478 e. The number of nitrogens with one attached hydrogen (secondary N) is 1. The van der Waals surface area contributed by atoms with Crippen LogP contribution in [-0.2, 0) is 0 Å². The Labute approximate surface area is 116 Å². The van der Waals surface area contributed by atoms with Crippen molar-refractivity contribution in [2.45, 2.75) is 12.8 Å². The second-order valence-electron chi connectivity index (χ2n) is 4.74. The molecule has 1 aliphatic rings. The van der Waals surface area contributed by atoms with Crippen LogP contribution in [0.15, 0.2) is 18.2 Å². The molecule has 1 aliphatic heterocycles. The second kappa shape index (κ2) is 6.33. The van der Waals surface area contributed by atoms with Gasteiger partial charge >= 0.3 is 5.97 Å². The molecule has 0 unspecified atom stereocenters. The molecule has 0 aromatic heterocycles. The summed E-state index contributed by atoms with van der Waals surface area (Å²) >= 11 is 0. The molecule has 0 saturated carbocycles. The van der Waals surface area contributed by atoms with Gasteiger partial charge in [0, 0.05) is 19.2 Å². The molecule has 0 amide bonds. The van der Waals surface area contributed by atoms with Gasteiger partial charge in [0.2, 0.25) is 0 Å². The molecule has 2 rings (SSSR count). The SMILES string of the molecule is O=C(O)c1cccc([N+](=O)[O-])c1NCCN1CCCC1. The minimum atomic E-state index is -1.17. The number of aromatic carboxylic acids is 1. The Morgan fingerprint density at radius 2 is 2.10 bits per heavy atom. The number of hydrogen-bond donors (Lipinski definition) is 2. The molecule has 0 spiro atoms. The van der Waals surface area contributed by atoms with Crippen LogP contribution in [0.5, 0.6) is 0 Å². The van der Waals surface area contributed by atoms with E-state index < -0.39 is 10.9 Å². The molecule has 0 aliphatic carbocycles. The summed E-state index contributed by atoms with van der Waals surface area (Å²) in [7, 11) is 0. The zero-order valence-corrected chi connectivity index (χ0v) is 11.0. The van der Waals surface area contributed by atoms with E-state index in [1.54, 1.807) is 0 Å². The van der Waals surface area contributed by atoms with Crippen molar-refractivity contribution in [1.82, 2.24) is 4.90 Å². The maximum absolute atomic E-state index is 11.1. The fraction of sp³-hybridized carbons (Fsp3) is 0.462. The van der Waals surface area contributed by atoms with E-state index in [1.165, 1.54) is 31.0 Å². The van der Waals surface area contributed by atoms with Gasteiger partial charge in [0.05, 0.1) is 10.5 Å². The average Bonchev–Trinajstić information content (AvgIpc) is 2.91. The number of anilines is 1. The predicted molar refractivity (Wildman–Crippen MR) is 74.2 cm³/mol. The lowest BCUT2D eigenvalue weighted by Gasteiger charge is -2.16. The molecule has 1 heterocycles. The summed E-state index contributed by atoms with van der Waals surface area (Å²) in [5.74, 6) is -1.17. The maximum atomic E-state index is 11.1. The Hall–Kier alpha value is -2.15. The zero-order valence-electron chi connectivity index (χ0n) is 11.0. The number of nitro benzene ring substituents is 1. The first-order chi connectivity index (χ1) is 9.59. The van der Waals surface area contributed by atoms with Crippen molar-refractivity contribution < 1.29 is 14.8 Å². The first-order valence-electron chi connectivity index (χ1n) is 6.56. The molecular formula is C13H17N3O4. The Bertz CT molecular complexity index is 480. The topological polar surface area (TPSA) is 95.7 Å². The molecule has 2 N–H and O–H groups in total. The van der Waals surface area contributed by atoms with Crippen LogP contribution in [0.1, 0.15) is 23.2 Å². The molecular weight excluding hydrogens is 262 g/mol. The van der Waals surface area contributed by atoms with E-state index in [2.05, 4.69) is 10.2 Å². The Morgan fingerprint density at radius 1 is 1.40 bits per heavy atom. The number of carbonyl (C=O) groups is 1. The maximum Gasteiger partial charge on any atom is 0.338 e. The normalized spacial score (nSPS) is 15.2. The monoisotopic (exact) mass is 279 g/mol. The van der Waals surface area contributed by atoms with E-state index in [9.17, 15) is 14.9 Å². The summed E-state index contributed by atoms with van der Waals surface area (Å²) in [6.45, 7) is 3.31. The summed E-state index contributed by atoms with van der Waals surface area (Å²) < 4.78 is 0. The number of carboxylic acid groups (broad SMARTS) is 1. The van der Waals surface area contributed by atoms with Crippen LogP contribution in [0.2, 0.25) is 0 Å². The molecule has 1 fully saturated rings. The lowest BCUT2D eigenvalue weighted by Crippen LogP contribution is -2.26. The van der Waals surface area contributed by atoms with E-state index in [0.29, 0.717) is 6.54 Å². The highest BCUT2D eigenvalue weighted by molar-refractivity contribution is 5.96. The van der Waals surface area contributed by atoms with Gasteiger partial charge in [-0.05, 0) is 32.0 Å². The van der Waals surface area contributed by atoms with Gasteiger partial charge in [0.15, 0.2) is 0 Å². The van der Waals surface area contributed by atoms with E-state index in [1.807, 2.05) is 0 Å². The molecule has 7 heteroatoms. The van der Waals surface area contributed by atoms with Gasteiger partial charge < -0.3 is 15.3 Å². The molecule has 0 bridgehead atoms. The van der Waals surface area contributed by atoms with Crippen molar-refractivity contribution in [3.05, 3.63) is 33.9 Å². The van der Waals surface area contributed by atoms with E-state index in [4.69, 9.17) is 5.11 Å². The summed E-state index contributed by atoms with van der Waals surface area (Å²) in [5.41, 5.74) is -0.184. The van der Waals surface area contributed by atoms with Crippen LogP contribution in [0.25, 0.3) is 0 Å². The van der Waals surface area contributed by atoms with Crippen LogP contribution in [0.4, 0.5) is 11.4 Å². The fourth-order valence-corrected chi connectivity index (χ4v) is 2.40. The van der Waals surface area contributed by atoms with Crippen LogP contribution >= 0.6 is 0 Å². The second-order valence-corrected chi connectivity index (χ2v) is 4.74. The molecule has 20 heavy (non-hydrogen) atoms. The first-order valence-corrected chi connectivity index (χ1v) is 6.56. The van der Waals surface area contributed by atoms with Gasteiger partial charge in [-0.15, -0.1) is 0 Å². The van der Waals surface area contributed by atoms with Gasteiger partial charge in [0.25, 0.3) is 5.69 Å². The minimum absolute atomic E-state index is 0.0689. The number of carboxylic acids is 1. The van der Waals surface area contributed by atoms with Crippen molar-refractivity contribution >= 4 is 17.3 Å². The van der Waals surface area contributed by atoms with Gasteiger partial charge in [-0.25, -0.2) is 4.79 Å². The number of likely N-dealkylation sites (tertiary alicyclic amines) is 1. The highest BCUT2D eigenvalue weighted by atomic mass is 16.6. The number of nitrogens with zero attached hydrogens (tertiary/aromatic N) is 2. The summed E-state index contributed by atoms with van der Waals surface area (Å²) in [4.78, 5) is 23.8. The third-order valence-electron chi connectivity index (χ3n) is 3.40. The Kier molecular flexibility index (Phi) is 4.52. The van der Waals surface area contributed by atoms with Gasteiger partial charge in [-0.1, -0.05) is 6.07 Å². The quantitative estimate of drug-likeness (QED) is 0.609. The predicted octanol–water partition coefficient (Wildman–Crippen LogP) is 1.80. The number of hydrogen-bond acceptors (Lipinski definition) is 5. The Morgan fingerprint density at radius 3 is 2.70 bits per heavy atom. The minimum Gasteiger partial charge on any atom is -0.478 e. The fourth-order valence-electron chi connectivity index (χ4n) is 2.40. The molecule has 0 radical (unpaired) electrons. The van der Waals surface area contributed by atoms with Crippen molar-refractivity contribution in [3.63, 3.8) is 0 Å². The number of rotatable bonds is 6. The van der Waals surface area contributed by atoms with Crippen molar-refractivity contribution in [2.75, 3.05) is 31.5 Å². The zero-order chi connectivity index (χ0) is 14.5. The third kappa shape index (κ3) is 3.24. The van der Waals surface area contributed by atoms with E-state index in [-0.39, 0.29) is 16.9 Å². The smallest absolute Gasteiger partial charge is 0.338 e. The van der Waals surface area contributed by atoms with Crippen LogP contribution in [0.3, 0.4) is 0 Å². The first kappa shape index (κ1) is 14.3.